The normalized spacial score (nSPS) is 24.3. The molecule has 0 unspecified atom stereocenters. The molecular formula is C19H25NO3. The molecule has 0 spiro atoms. The molecule has 1 aliphatic carbocycles. The predicted octanol–water partition coefficient (Wildman–Crippen LogP) is 2.99. The Kier molecular flexibility index (Phi) is 5.01. The van der Waals surface area contributed by atoms with Gasteiger partial charge >= 0.3 is 0 Å². The van der Waals surface area contributed by atoms with Crippen LogP contribution in [0.2, 0.25) is 0 Å². The van der Waals surface area contributed by atoms with Gasteiger partial charge in [0.1, 0.15) is 5.75 Å². The standard InChI is InChI=1S/C19H25NO3/c1-3-12-23-16-8-10-20(11-9-16)19(21)18-13-17(18)14-4-6-15(22-2)7-5-14/h3-7,16-18H,1,8-13H2,2H3/t17-,18-/m0/s1. The second-order valence-corrected chi connectivity index (χ2v) is 6.37. The molecule has 0 radical (unpaired) electrons. The monoisotopic (exact) mass is 315 g/mol. The lowest BCUT2D eigenvalue weighted by Gasteiger charge is -2.32. The van der Waals surface area contributed by atoms with E-state index in [0.29, 0.717) is 18.4 Å². The molecule has 2 fully saturated rings. The highest BCUT2D eigenvalue weighted by Crippen LogP contribution is 2.48. The number of rotatable bonds is 6. The summed E-state index contributed by atoms with van der Waals surface area (Å²) in [6, 6.07) is 8.09. The van der Waals surface area contributed by atoms with Crippen molar-refractivity contribution in [2.75, 3.05) is 26.8 Å². The Morgan fingerprint density at radius 1 is 1.30 bits per heavy atom. The largest absolute Gasteiger partial charge is 0.497 e. The van der Waals surface area contributed by atoms with Crippen molar-refractivity contribution in [1.29, 1.82) is 0 Å². The van der Waals surface area contributed by atoms with Gasteiger partial charge in [0.05, 0.1) is 19.8 Å². The molecule has 3 rings (SSSR count). The molecule has 0 bridgehead atoms. The number of carbonyl (C=O) groups is 1. The Hall–Kier alpha value is -1.81. The second-order valence-electron chi connectivity index (χ2n) is 6.37. The van der Waals surface area contributed by atoms with Crippen LogP contribution in [-0.4, -0.2) is 43.7 Å². The number of hydrogen-bond donors (Lipinski definition) is 0. The van der Waals surface area contributed by atoms with Gasteiger partial charge in [-0.25, -0.2) is 0 Å². The van der Waals surface area contributed by atoms with Gasteiger partial charge in [0.15, 0.2) is 0 Å². The minimum absolute atomic E-state index is 0.161. The summed E-state index contributed by atoms with van der Waals surface area (Å²) < 4.78 is 10.9. The van der Waals surface area contributed by atoms with Gasteiger partial charge in [-0.1, -0.05) is 18.2 Å². The molecule has 1 aromatic rings. The Morgan fingerprint density at radius 2 is 2.00 bits per heavy atom. The third kappa shape index (κ3) is 3.75. The van der Waals surface area contributed by atoms with Gasteiger partial charge in [-0.15, -0.1) is 6.58 Å². The smallest absolute Gasteiger partial charge is 0.226 e. The van der Waals surface area contributed by atoms with Crippen LogP contribution >= 0.6 is 0 Å². The molecule has 23 heavy (non-hydrogen) atoms. The quantitative estimate of drug-likeness (QED) is 0.758. The first-order chi connectivity index (χ1) is 11.2. The lowest BCUT2D eigenvalue weighted by atomic mass is 10.1. The second kappa shape index (κ2) is 7.18. The van der Waals surface area contributed by atoms with E-state index in [1.807, 2.05) is 17.0 Å². The SMILES string of the molecule is C=CCOC1CCN(C(=O)[C@H]2C[C@H]2c2ccc(OC)cc2)CC1. The zero-order chi connectivity index (χ0) is 16.2. The number of nitrogens with zero attached hydrogens (tertiary/aromatic N) is 1. The van der Waals surface area contributed by atoms with Gasteiger partial charge in [0.2, 0.25) is 5.91 Å². The Morgan fingerprint density at radius 3 is 2.61 bits per heavy atom. The average molecular weight is 315 g/mol. The van der Waals surface area contributed by atoms with E-state index >= 15 is 0 Å². The summed E-state index contributed by atoms with van der Waals surface area (Å²) in [6.07, 6.45) is 4.88. The molecule has 1 aliphatic heterocycles. The van der Waals surface area contributed by atoms with Crippen molar-refractivity contribution in [2.24, 2.45) is 5.92 Å². The highest BCUT2D eigenvalue weighted by molar-refractivity contribution is 5.83. The van der Waals surface area contributed by atoms with E-state index in [1.54, 1.807) is 13.2 Å². The van der Waals surface area contributed by atoms with E-state index in [1.165, 1.54) is 5.56 Å². The van der Waals surface area contributed by atoms with Gasteiger partial charge in [-0.3, -0.25) is 4.79 Å². The van der Waals surface area contributed by atoms with Crippen LogP contribution in [-0.2, 0) is 9.53 Å². The van der Waals surface area contributed by atoms with Gasteiger partial charge in [0.25, 0.3) is 0 Å². The van der Waals surface area contributed by atoms with E-state index in [9.17, 15) is 4.79 Å². The van der Waals surface area contributed by atoms with E-state index in [2.05, 4.69) is 18.7 Å². The summed E-state index contributed by atoms with van der Waals surface area (Å²) in [6.45, 7) is 5.89. The number of carbonyl (C=O) groups excluding carboxylic acids is 1. The zero-order valence-electron chi connectivity index (χ0n) is 13.7. The number of piperidine rings is 1. The van der Waals surface area contributed by atoms with E-state index in [0.717, 1.165) is 38.1 Å². The van der Waals surface area contributed by atoms with E-state index < -0.39 is 0 Å². The fourth-order valence-corrected chi connectivity index (χ4v) is 3.37. The Balaban J connectivity index is 1.49. The highest BCUT2D eigenvalue weighted by atomic mass is 16.5. The third-order valence-electron chi connectivity index (χ3n) is 4.86. The number of hydrogen-bond acceptors (Lipinski definition) is 3. The van der Waals surface area contributed by atoms with Crippen molar-refractivity contribution in [2.45, 2.75) is 31.3 Å². The summed E-state index contributed by atoms with van der Waals surface area (Å²) >= 11 is 0. The first kappa shape index (κ1) is 16.1. The van der Waals surface area contributed by atoms with Crippen LogP contribution in [0.4, 0.5) is 0 Å². The molecule has 0 aromatic heterocycles. The molecule has 1 saturated carbocycles. The van der Waals surface area contributed by atoms with Crippen molar-refractivity contribution in [1.82, 2.24) is 4.90 Å². The van der Waals surface area contributed by atoms with Gasteiger partial charge in [-0.2, -0.15) is 0 Å². The van der Waals surface area contributed by atoms with Crippen LogP contribution in [0.3, 0.4) is 0 Å². The van der Waals surface area contributed by atoms with Crippen molar-refractivity contribution >= 4 is 5.91 Å². The summed E-state index contributed by atoms with van der Waals surface area (Å²) in [5, 5.41) is 0. The molecule has 2 aliphatic rings. The van der Waals surface area contributed by atoms with Crippen molar-refractivity contribution in [3.05, 3.63) is 42.5 Å². The maximum absolute atomic E-state index is 12.6. The number of amides is 1. The summed E-state index contributed by atoms with van der Waals surface area (Å²) in [7, 11) is 1.67. The molecule has 1 heterocycles. The minimum atomic E-state index is 0.161. The molecule has 1 saturated heterocycles. The minimum Gasteiger partial charge on any atom is -0.497 e. The maximum Gasteiger partial charge on any atom is 0.226 e. The van der Waals surface area contributed by atoms with Crippen LogP contribution in [0, 0.1) is 5.92 Å². The molecule has 1 aromatic carbocycles. The van der Waals surface area contributed by atoms with Crippen LogP contribution < -0.4 is 4.74 Å². The lowest BCUT2D eigenvalue weighted by molar-refractivity contribution is -0.135. The molecule has 4 heteroatoms. The van der Waals surface area contributed by atoms with Crippen LogP contribution in [0.1, 0.15) is 30.7 Å². The topological polar surface area (TPSA) is 38.8 Å². The first-order valence-electron chi connectivity index (χ1n) is 8.38. The number of ether oxygens (including phenoxy) is 2. The fourth-order valence-electron chi connectivity index (χ4n) is 3.37. The number of methoxy groups -OCH3 is 1. The van der Waals surface area contributed by atoms with Crippen molar-refractivity contribution < 1.29 is 14.3 Å². The maximum atomic E-state index is 12.6. The van der Waals surface area contributed by atoms with Gasteiger partial charge in [0, 0.05) is 19.0 Å². The summed E-state index contributed by atoms with van der Waals surface area (Å²) in [5.41, 5.74) is 1.24. The number of likely N-dealkylation sites (tertiary alicyclic amines) is 1. The predicted molar refractivity (Wildman–Crippen MR) is 89.6 cm³/mol. The molecule has 4 nitrogen and oxygen atoms in total. The van der Waals surface area contributed by atoms with Crippen LogP contribution in [0.5, 0.6) is 5.75 Å². The van der Waals surface area contributed by atoms with Gasteiger partial charge < -0.3 is 14.4 Å². The Bertz CT molecular complexity index is 546. The number of benzene rings is 1. The molecule has 124 valence electrons. The highest BCUT2D eigenvalue weighted by Gasteiger charge is 2.46. The molecule has 1 amide bonds. The average Bonchev–Trinajstić information content (AvgIpc) is 3.40. The molecular weight excluding hydrogens is 290 g/mol. The molecule has 0 N–H and O–H groups in total. The van der Waals surface area contributed by atoms with Crippen molar-refractivity contribution in [3.63, 3.8) is 0 Å². The van der Waals surface area contributed by atoms with Crippen LogP contribution in [0.25, 0.3) is 0 Å². The fraction of sp³-hybridized carbons (Fsp3) is 0.526. The summed E-state index contributed by atoms with van der Waals surface area (Å²) in [5.74, 6) is 1.71. The zero-order valence-corrected chi connectivity index (χ0v) is 13.7. The lowest BCUT2D eigenvalue weighted by Crippen LogP contribution is -2.41. The van der Waals surface area contributed by atoms with Crippen molar-refractivity contribution in [3.8, 4) is 5.75 Å². The Labute approximate surface area is 138 Å². The van der Waals surface area contributed by atoms with Gasteiger partial charge in [-0.05, 0) is 42.9 Å². The van der Waals surface area contributed by atoms with E-state index in [-0.39, 0.29) is 12.0 Å². The first-order valence-corrected chi connectivity index (χ1v) is 8.38. The molecule has 2 atom stereocenters. The van der Waals surface area contributed by atoms with Crippen LogP contribution in [0.15, 0.2) is 36.9 Å². The van der Waals surface area contributed by atoms with E-state index in [4.69, 9.17) is 9.47 Å². The summed E-state index contributed by atoms with van der Waals surface area (Å²) in [4.78, 5) is 14.6. The third-order valence-corrected chi connectivity index (χ3v) is 4.86.